The van der Waals surface area contributed by atoms with E-state index in [-0.39, 0.29) is 12.7 Å². The van der Waals surface area contributed by atoms with E-state index >= 15 is 0 Å². The van der Waals surface area contributed by atoms with Crippen molar-refractivity contribution in [3.63, 3.8) is 0 Å². The Morgan fingerprint density at radius 1 is 1.33 bits per heavy atom. The Hall–Kier alpha value is -1.75. The van der Waals surface area contributed by atoms with E-state index in [0.717, 1.165) is 25.1 Å². The molecule has 5 nitrogen and oxygen atoms in total. The molecule has 1 aliphatic rings. The van der Waals surface area contributed by atoms with Crippen molar-refractivity contribution in [3.8, 4) is 11.5 Å². The Kier molecular flexibility index (Phi) is 4.41. The molecule has 0 saturated heterocycles. The number of rotatable bonds is 6. The lowest BCUT2D eigenvalue weighted by Gasteiger charge is -2.07. The zero-order valence-corrected chi connectivity index (χ0v) is 10.5. The molecule has 0 unspecified atom stereocenters. The molecule has 0 aromatic heterocycles. The summed E-state index contributed by atoms with van der Waals surface area (Å²) < 4.78 is 10.4. The molecule has 1 aromatic carbocycles. The first kappa shape index (κ1) is 12.7. The normalized spacial score (nSPS) is 12.5. The van der Waals surface area contributed by atoms with Gasteiger partial charge in [-0.25, -0.2) is 0 Å². The van der Waals surface area contributed by atoms with Crippen molar-refractivity contribution in [2.75, 3.05) is 25.2 Å². The lowest BCUT2D eigenvalue weighted by atomic mass is 10.2. The van der Waals surface area contributed by atoms with Gasteiger partial charge < -0.3 is 20.1 Å². The summed E-state index contributed by atoms with van der Waals surface area (Å²) >= 11 is 0. The fourth-order valence-electron chi connectivity index (χ4n) is 1.68. The number of hydrogen-bond acceptors (Lipinski definition) is 4. The molecule has 1 heterocycles. The Balaban J connectivity index is 1.80. The monoisotopic (exact) mass is 250 g/mol. The van der Waals surface area contributed by atoms with Gasteiger partial charge in [-0.2, -0.15) is 0 Å². The predicted molar refractivity (Wildman–Crippen MR) is 69.0 cm³/mol. The molecular formula is C13H18N2O3. The van der Waals surface area contributed by atoms with Gasteiger partial charge in [0.15, 0.2) is 11.5 Å². The van der Waals surface area contributed by atoms with Crippen LogP contribution in [0.2, 0.25) is 0 Å². The zero-order chi connectivity index (χ0) is 12.8. The predicted octanol–water partition coefficient (Wildman–Crippen LogP) is 1.74. The van der Waals surface area contributed by atoms with Gasteiger partial charge in [0.05, 0.1) is 6.54 Å². The van der Waals surface area contributed by atoms with Crippen molar-refractivity contribution in [2.45, 2.75) is 19.8 Å². The summed E-state index contributed by atoms with van der Waals surface area (Å²) in [6, 6.07) is 5.37. The summed E-state index contributed by atoms with van der Waals surface area (Å²) in [6.45, 7) is 3.55. The van der Waals surface area contributed by atoms with Gasteiger partial charge in [-0.1, -0.05) is 13.3 Å². The fraction of sp³-hybridized carbons (Fsp3) is 0.462. The van der Waals surface area contributed by atoms with Crippen LogP contribution in [-0.4, -0.2) is 25.8 Å². The van der Waals surface area contributed by atoms with E-state index in [9.17, 15) is 4.79 Å². The average molecular weight is 250 g/mol. The molecule has 1 aliphatic heterocycles. The van der Waals surface area contributed by atoms with E-state index < -0.39 is 0 Å². The van der Waals surface area contributed by atoms with Gasteiger partial charge in [-0.3, -0.25) is 4.79 Å². The summed E-state index contributed by atoms with van der Waals surface area (Å²) in [5.74, 6) is 1.34. The van der Waals surface area contributed by atoms with Gasteiger partial charge >= 0.3 is 0 Å². The van der Waals surface area contributed by atoms with E-state index in [1.165, 1.54) is 0 Å². The molecule has 0 saturated carbocycles. The van der Waals surface area contributed by atoms with Crippen LogP contribution in [0.5, 0.6) is 11.5 Å². The molecule has 0 bridgehead atoms. The Morgan fingerprint density at radius 3 is 3.00 bits per heavy atom. The lowest BCUT2D eigenvalue weighted by molar-refractivity contribution is -0.115. The van der Waals surface area contributed by atoms with Gasteiger partial charge in [-0.15, -0.1) is 0 Å². The second-order valence-electron chi connectivity index (χ2n) is 4.15. The highest BCUT2D eigenvalue weighted by molar-refractivity contribution is 5.92. The largest absolute Gasteiger partial charge is 0.454 e. The second kappa shape index (κ2) is 6.26. The molecule has 2 N–H and O–H groups in total. The first-order chi connectivity index (χ1) is 8.79. The maximum atomic E-state index is 11.6. The highest BCUT2D eigenvalue weighted by atomic mass is 16.7. The number of nitrogens with one attached hydrogen (secondary N) is 2. The fourth-order valence-corrected chi connectivity index (χ4v) is 1.68. The van der Waals surface area contributed by atoms with E-state index in [4.69, 9.17) is 9.47 Å². The molecule has 18 heavy (non-hydrogen) atoms. The van der Waals surface area contributed by atoms with E-state index in [2.05, 4.69) is 17.6 Å². The Bertz CT molecular complexity index is 421. The lowest BCUT2D eigenvalue weighted by Crippen LogP contribution is -2.28. The van der Waals surface area contributed by atoms with Gasteiger partial charge in [-0.05, 0) is 25.1 Å². The van der Waals surface area contributed by atoms with E-state index in [1.54, 1.807) is 18.2 Å². The number of amides is 1. The number of carbonyl (C=O) groups is 1. The molecule has 0 radical (unpaired) electrons. The smallest absolute Gasteiger partial charge is 0.238 e. The minimum atomic E-state index is -0.0510. The first-order valence-electron chi connectivity index (χ1n) is 6.20. The summed E-state index contributed by atoms with van der Waals surface area (Å²) in [5.41, 5.74) is 0.724. The van der Waals surface area contributed by atoms with Gasteiger partial charge in [0, 0.05) is 11.8 Å². The quantitative estimate of drug-likeness (QED) is 0.755. The van der Waals surface area contributed by atoms with Crippen molar-refractivity contribution in [2.24, 2.45) is 0 Å². The number of carbonyl (C=O) groups excluding carboxylic acids is 1. The summed E-state index contributed by atoms with van der Waals surface area (Å²) in [4.78, 5) is 11.6. The molecule has 1 aromatic rings. The molecule has 5 heteroatoms. The molecule has 0 aliphatic carbocycles. The van der Waals surface area contributed by atoms with Crippen LogP contribution in [0, 0.1) is 0 Å². The van der Waals surface area contributed by atoms with Crippen LogP contribution < -0.4 is 20.1 Å². The minimum Gasteiger partial charge on any atom is -0.454 e. The van der Waals surface area contributed by atoms with Crippen molar-refractivity contribution >= 4 is 11.6 Å². The summed E-state index contributed by atoms with van der Waals surface area (Å²) in [6.07, 6.45) is 2.20. The summed E-state index contributed by atoms with van der Waals surface area (Å²) in [7, 11) is 0. The van der Waals surface area contributed by atoms with Crippen molar-refractivity contribution in [3.05, 3.63) is 18.2 Å². The zero-order valence-electron chi connectivity index (χ0n) is 10.5. The van der Waals surface area contributed by atoms with Crippen LogP contribution in [0.4, 0.5) is 5.69 Å². The van der Waals surface area contributed by atoms with Crippen LogP contribution in [0.15, 0.2) is 18.2 Å². The average Bonchev–Trinajstić information content (AvgIpc) is 2.82. The van der Waals surface area contributed by atoms with Crippen LogP contribution in [0.3, 0.4) is 0 Å². The minimum absolute atomic E-state index is 0.0510. The van der Waals surface area contributed by atoms with Crippen LogP contribution in [0.1, 0.15) is 19.8 Å². The van der Waals surface area contributed by atoms with Crippen LogP contribution in [-0.2, 0) is 4.79 Å². The Labute approximate surface area is 106 Å². The van der Waals surface area contributed by atoms with Crippen molar-refractivity contribution < 1.29 is 14.3 Å². The van der Waals surface area contributed by atoms with Gasteiger partial charge in [0.2, 0.25) is 12.7 Å². The van der Waals surface area contributed by atoms with Crippen molar-refractivity contribution in [1.29, 1.82) is 0 Å². The number of ether oxygens (including phenoxy) is 2. The standard InChI is InChI=1S/C13H18N2O3/c1-2-3-6-14-8-13(16)15-10-4-5-11-12(7-10)18-9-17-11/h4-5,7,14H,2-3,6,8-9H2,1H3,(H,15,16). The number of unbranched alkanes of at least 4 members (excludes halogenated alkanes) is 1. The van der Waals surface area contributed by atoms with Crippen molar-refractivity contribution in [1.82, 2.24) is 5.32 Å². The maximum Gasteiger partial charge on any atom is 0.238 e. The summed E-state index contributed by atoms with van der Waals surface area (Å²) in [5, 5.41) is 5.90. The van der Waals surface area contributed by atoms with Gasteiger partial charge in [0.1, 0.15) is 0 Å². The molecule has 0 atom stereocenters. The molecular weight excluding hydrogens is 232 g/mol. The third-order valence-corrected chi connectivity index (χ3v) is 2.65. The number of hydrogen-bond donors (Lipinski definition) is 2. The molecule has 1 amide bonds. The van der Waals surface area contributed by atoms with Crippen LogP contribution >= 0.6 is 0 Å². The van der Waals surface area contributed by atoms with E-state index in [1.807, 2.05) is 0 Å². The van der Waals surface area contributed by atoms with Gasteiger partial charge in [0.25, 0.3) is 0 Å². The topological polar surface area (TPSA) is 59.6 Å². The molecule has 98 valence electrons. The number of anilines is 1. The highest BCUT2D eigenvalue weighted by Gasteiger charge is 2.13. The molecule has 0 spiro atoms. The highest BCUT2D eigenvalue weighted by Crippen LogP contribution is 2.34. The van der Waals surface area contributed by atoms with E-state index in [0.29, 0.717) is 18.0 Å². The Morgan fingerprint density at radius 2 is 2.17 bits per heavy atom. The molecule has 2 rings (SSSR count). The number of benzene rings is 1. The third kappa shape index (κ3) is 3.37. The van der Waals surface area contributed by atoms with Crippen LogP contribution in [0.25, 0.3) is 0 Å². The second-order valence-corrected chi connectivity index (χ2v) is 4.15. The maximum absolute atomic E-state index is 11.6. The number of fused-ring (bicyclic) bond motifs is 1. The molecule has 0 fully saturated rings. The first-order valence-corrected chi connectivity index (χ1v) is 6.20. The third-order valence-electron chi connectivity index (χ3n) is 2.65. The SMILES string of the molecule is CCCCNCC(=O)Nc1ccc2c(c1)OCO2.